The summed E-state index contributed by atoms with van der Waals surface area (Å²) in [5.74, 6) is -0.514. The summed E-state index contributed by atoms with van der Waals surface area (Å²) in [5, 5.41) is 9.18. The molecule has 0 bridgehead atoms. The molecule has 1 N–H and O–H groups in total. The van der Waals surface area contributed by atoms with E-state index in [9.17, 15) is 4.79 Å². The van der Waals surface area contributed by atoms with E-state index >= 15 is 0 Å². The van der Waals surface area contributed by atoms with Gasteiger partial charge in [0.2, 0.25) is 0 Å². The van der Waals surface area contributed by atoms with Crippen LogP contribution in [-0.2, 0) is 4.79 Å². The second-order valence-electron chi connectivity index (χ2n) is 3.62. The number of carboxylic acids is 1. The molecular weight excluding hydrogens is 202 g/mol. The van der Waals surface area contributed by atoms with E-state index in [1.807, 2.05) is 6.07 Å². The molecule has 0 spiro atoms. The van der Waals surface area contributed by atoms with Crippen LogP contribution in [0.5, 0.6) is 0 Å². The molecule has 1 aromatic rings. The van der Waals surface area contributed by atoms with Gasteiger partial charge in [0.25, 0.3) is 0 Å². The van der Waals surface area contributed by atoms with Crippen molar-refractivity contribution < 1.29 is 9.90 Å². The van der Waals surface area contributed by atoms with Gasteiger partial charge in [-0.25, -0.2) is 4.98 Å². The Morgan fingerprint density at radius 2 is 2.21 bits per heavy atom. The van der Waals surface area contributed by atoms with Gasteiger partial charge < -0.3 is 5.11 Å². The molecule has 1 heterocycles. The number of pyridine rings is 1. The van der Waals surface area contributed by atoms with Crippen LogP contribution in [0.3, 0.4) is 0 Å². The van der Waals surface area contributed by atoms with Crippen molar-refractivity contribution >= 4 is 17.6 Å². The van der Waals surface area contributed by atoms with E-state index in [4.69, 9.17) is 16.7 Å². The molecule has 0 radical (unpaired) electrons. The molecule has 14 heavy (non-hydrogen) atoms. The SMILES string of the molecule is O=C(O)C1CC(c2ccc(Cl)nc2)C1. The van der Waals surface area contributed by atoms with E-state index in [2.05, 4.69) is 4.98 Å². The molecule has 3 nitrogen and oxygen atoms in total. The Hall–Kier alpha value is -1.09. The van der Waals surface area contributed by atoms with Crippen LogP contribution in [0, 0.1) is 5.92 Å². The van der Waals surface area contributed by atoms with Crippen molar-refractivity contribution in [2.75, 3.05) is 0 Å². The number of carboxylic acid groups (broad SMARTS) is 1. The van der Waals surface area contributed by atoms with Crippen LogP contribution in [0.1, 0.15) is 24.3 Å². The van der Waals surface area contributed by atoms with Gasteiger partial charge >= 0.3 is 5.97 Å². The monoisotopic (exact) mass is 211 g/mol. The summed E-state index contributed by atoms with van der Waals surface area (Å²) in [5.41, 5.74) is 1.09. The first kappa shape index (κ1) is 9.46. The van der Waals surface area contributed by atoms with Crippen LogP contribution in [0.4, 0.5) is 0 Å². The summed E-state index contributed by atoms with van der Waals surface area (Å²) >= 11 is 5.65. The highest BCUT2D eigenvalue weighted by molar-refractivity contribution is 6.29. The first-order chi connectivity index (χ1) is 6.66. The fourth-order valence-corrected chi connectivity index (χ4v) is 1.83. The normalized spacial score (nSPS) is 25.5. The third-order valence-corrected chi connectivity index (χ3v) is 2.93. The van der Waals surface area contributed by atoms with Crippen molar-refractivity contribution in [1.82, 2.24) is 4.98 Å². The van der Waals surface area contributed by atoms with Gasteiger partial charge in [-0.1, -0.05) is 17.7 Å². The number of halogens is 1. The van der Waals surface area contributed by atoms with Crippen LogP contribution < -0.4 is 0 Å². The number of hydrogen-bond acceptors (Lipinski definition) is 2. The third kappa shape index (κ3) is 1.73. The number of aromatic nitrogens is 1. The highest BCUT2D eigenvalue weighted by atomic mass is 35.5. The topological polar surface area (TPSA) is 50.2 Å². The second kappa shape index (κ2) is 3.58. The molecule has 0 aromatic carbocycles. The Balaban J connectivity index is 2.00. The molecule has 0 unspecified atom stereocenters. The number of rotatable bonds is 2. The average Bonchev–Trinajstić information content (AvgIpc) is 2.05. The number of hydrogen-bond donors (Lipinski definition) is 1. The van der Waals surface area contributed by atoms with Gasteiger partial charge in [-0.15, -0.1) is 0 Å². The molecule has 1 aliphatic rings. The van der Waals surface area contributed by atoms with Gasteiger partial charge in [-0.2, -0.15) is 0 Å². The van der Waals surface area contributed by atoms with Crippen LogP contribution in [0.15, 0.2) is 18.3 Å². The summed E-state index contributed by atoms with van der Waals surface area (Å²) in [6, 6.07) is 3.66. The van der Waals surface area contributed by atoms with Crippen LogP contribution >= 0.6 is 11.6 Å². The zero-order chi connectivity index (χ0) is 10.1. The minimum Gasteiger partial charge on any atom is -0.481 e. The molecule has 1 aromatic heterocycles. The number of aliphatic carboxylic acids is 1. The standard InChI is InChI=1S/C10H10ClNO2/c11-9-2-1-6(5-12-9)7-3-8(4-7)10(13)14/h1-2,5,7-8H,3-4H2,(H,13,14). The highest BCUT2D eigenvalue weighted by Gasteiger charge is 2.35. The maximum Gasteiger partial charge on any atom is 0.306 e. The van der Waals surface area contributed by atoms with E-state index in [0.717, 1.165) is 18.4 Å². The van der Waals surface area contributed by atoms with Gasteiger partial charge in [-0.3, -0.25) is 4.79 Å². The Kier molecular flexibility index (Phi) is 2.42. The van der Waals surface area contributed by atoms with Crippen molar-refractivity contribution in [3.05, 3.63) is 29.0 Å². The third-order valence-electron chi connectivity index (χ3n) is 2.71. The molecule has 0 aliphatic heterocycles. The lowest BCUT2D eigenvalue weighted by Gasteiger charge is -2.32. The largest absolute Gasteiger partial charge is 0.481 e. The summed E-state index contributed by atoms with van der Waals surface area (Å²) in [6.07, 6.45) is 3.17. The Morgan fingerprint density at radius 1 is 1.50 bits per heavy atom. The van der Waals surface area contributed by atoms with Gasteiger partial charge in [-0.05, 0) is 30.4 Å². The Bertz CT molecular complexity index is 344. The summed E-state index contributed by atoms with van der Waals surface area (Å²) in [7, 11) is 0. The van der Waals surface area contributed by atoms with Crippen LogP contribution in [-0.4, -0.2) is 16.1 Å². The van der Waals surface area contributed by atoms with E-state index in [1.54, 1.807) is 12.3 Å². The molecule has 0 amide bonds. The van der Waals surface area contributed by atoms with Crippen LogP contribution in [0.2, 0.25) is 5.15 Å². The first-order valence-electron chi connectivity index (χ1n) is 4.51. The lowest BCUT2D eigenvalue weighted by molar-refractivity contribution is -0.145. The van der Waals surface area contributed by atoms with Crippen molar-refractivity contribution in [2.45, 2.75) is 18.8 Å². The highest BCUT2D eigenvalue weighted by Crippen LogP contribution is 2.41. The molecule has 2 rings (SSSR count). The number of carbonyl (C=O) groups is 1. The predicted molar refractivity (Wildman–Crippen MR) is 52.3 cm³/mol. The van der Waals surface area contributed by atoms with Gasteiger partial charge in [0.15, 0.2) is 0 Å². The van der Waals surface area contributed by atoms with Gasteiger partial charge in [0.1, 0.15) is 5.15 Å². The molecular formula is C10H10ClNO2. The summed E-state index contributed by atoms with van der Waals surface area (Å²) in [4.78, 5) is 14.5. The quantitative estimate of drug-likeness (QED) is 0.764. The van der Waals surface area contributed by atoms with E-state index in [-0.39, 0.29) is 5.92 Å². The first-order valence-corrected chi connectivity index (χ1v) is 4.89. The summed E-state index contributed by atoms with van der Waals surface area (Å²) in [6.45, 7) is 0. The maximum absolute atomic E-state index is 10.6. The van der Waals surface area contributed by atoms with Gasteiger partial charge in [0, 0.05) is 6.20 Å². The lowest BCUT2D eigenvalue weighted by Crippen LogP contribution is -2.28. The molecule has 1 fully saturated rings. The molecule has 0 atom stereocenters. The molecule has 0 saturated heterocycles. The fraction of sp³-hybridized carbons (Fsp3) is 0.400. The van der Waals surface area contributed by atoms with Crippen molar-refractivity contribution in [1.29, 1.82) is 0 Å². The van der Waals surface area contributed by atoms with Crippen molar-refractivity contribution in [3.8, 4) is 0 Å². The Morgan fingerprint density at radius 3 is 2.71 bits per heavy atom. The van der Waals surface area contributed by atoms with E-state index < -0.39 is 5.97 Å². The zero-order valence-electron chi connectivity index (χ0n) is 7.48. The van der Waals surface area contributed by atoms with Crippen molar-refractivity contribution in [2.24, 2.45) is 5.92 Å². The molecule has 74 valence electrons. The fourth-order valence-electron chi connectivity index (χ4n) is 1.72. The minimum absolute atomic E-state index is 0.171. The maximum atomic E-state index is 10.6. The molecule has 4 heteroatoms. The van der Waals surface area contributed by atoms with Crippen molar-refractivity contribution in [3.63, 3.8) is 0 Å². The predicted octanol–water partition coefficient (Wildman–Crippen LogP) is 2.31. The number of nitrogens with zero attached hydrogens (tertiary/aromatic N) is 1. The minimum atomic E-state index is -0.692. The zero-order valence-corrected chi connectivity index (χ0v) is 8.24. The van der Waals surface area contributed by atoms with E-state index in [0.29, 0.717) is 11.1 Å². The van der Waals surface area contributed by atoms with Crippen LogP contribution in [0.25, 0.3) is 0 Å². The van der Waals surface area contributed by atoms with E-state index in [1.165, 1.54) is 0 Å². The smallest absolute Gasteiger partial charge is 0.306 e. The second-order valence-corrected chi connectivity index (χ2v) is 4.00. The Labute approximate surface area is 86.7 Å². The average molecular weight is 212 g/mol. The van der Waals surface area contributed by atoms with Gasteiger partial charge in [0.05, 0.1) is 5.92 Å². The molecule has 1 aliphatic carbocycles. The lowest BCUT2D eigenvalue weighted by atomic mass is 9.72. The molecule has 1 saturated carbocycles. The summed E-state index contributed by atoms with van der Waals surface area (Å²) < 4.78 is 0.